The van der Waals surface area contributed by atoms with Gasteiger partial charge in [0.15, 0.2) is 0 Å². The minimum Gasteiger partial charge on any atom is -0.391 e. The Labute approximate surface area is 74.3 Å². The number of rotatable bonds is 3. The molecule has 0 aliphatic carbocycles. The van der Waals surface area contributed by atoms with Crippen LogP contribution in [-0.4, -0.2) is 48.5 Å². The molecule has 1 aliphatic heterocycles. The van der Waals surface area contributed by atoms with Gasteiger partial charge in [0.1, 0.15) is 0 Å². The van der Waals surface area contributed by atoms with Crippen LogP contribution in [0.4, 0.5) is 0 Å². The van der Waals surface area contributed by atoms with Crippen molar-refractivity contribution in [2.45, 2.75) is 38.5 Å². The highest BCUT2D eigenvalue weighted by molar-refractivity contribution is 4.88. The standard InChI is InChI=1S/C9H19NO2/c1-7(2)10-5-4-9(11)8(10)6-12-3/h7-9,11H,4-6H2,1-3H3/t8-,9?/m1/s1. The Morgan fingerprint density at radius 2 is 2.25 bits per heavy atom. The van der Waals surface area contributed by atoms with Gasteiger partial charge in [0, 0.05) is 19.7 Å². The van der Waals surface area contributed by atoms with Crippen LogP contribution in [0.1, 0.15) is 20.3 Å². The smallest absolute Gasteiger partial charge is 0.0730 e. The lowest BCUT2D eigenvalue weighted by Crippen LogP contribution is -2.42. The Kier molecular flexibility index (Phi) is 3.50. The zero-order valence-corrected chi connectivity index (χ0v) is 8.16. The molecule has 0 aromatic rings. The fourth-order valence-electron chi connectivity index (χ4n) is 1.88. The summed E-state index contributed by atoms with van der Waals surface area (Å²) < 4.78 is 5.07. The first-order chi connectivity index (χ1) is 5.66. The molecule has 1 aliphatic rings. The molecule has 0 saturated carbocycles. The molecule has 0 aromatic heterocycles. The molecule has 1 unspecified atom stereocenters. The number of methoxy groups -OCH3 is 1. The van der Waals surface area contributed by atoms with E-state index >= 15 is 0 Å². The first kappa shape index (κ1) is 9.96. The average Bonchev–Trinajstić information content (AvgIpc) is 2.34. The van der Waals surface area contributed by atoms with Crippen molar-refractivity contribution in [2.24, 2.45) is 0 Å². The molecule has 0 bridgehead atoms. The second kappa shape index (κ2) is 4.21. The van der Waals surface area contributed by atoms with Crippen molar-refractivity contribution in [3.63, 3.8) is 0 Å². The SMILES string of the molecule is COC[C@@H]1C(O)CCN1C(C)C. The maximum atomic E-state index is 9.62. The van der Waals surface area contributed by atoms with Crippen LogP contribution in [0.15, 0.2) is 0 Å². The number of hydrogen-bond donors (Lipinski definition) is 1. The van der Waals surface area contributed by atoms with E-state index in [-0.39, 0.29) is 12.1 Å². The number of ether oxygens (including phenoxy) is 1. The van der Waals surface area contributed by atoms with Crippen molar-refractivity contribution in [3.8, 4) is 0 Å². The molecule has 0 amide bonds. The van der Waals surface area contributed by atoms with Gasteiger partial charge in [-0.1, -0.05) is 0 Å². The van der Waals surface area contributed by atoms with E-state index in [1.54, 1.807) is 7.11 Å². The summed E-state index contributed by atoms with van der Waals surface area (Å²) >= 11 is 0. The molecule has 1 rings (SSSR count). The van der Waals surface area contributed by atoms with Gasteiger partial charge in [0.2, 0.25) is 0 Å². The maximum absolute atomic E-state index is 9.62. The molecule has 72 valence electrons. The van der Waals surface area contributed by atoms with E-state index in [2.05, 4.69) is 18.7 Å². The largest absolute Gasteiger partial charge is 0.391 e. The lowest BCUT2D eigenvalue weighted by atomic mass is 10.2. The number of aliphatic hydroxyl groups excluding tert-OH is 1. The van der Waals surface area contributed by atoms with Crippen LogP contribution in [0.5, 0.6) is 0 Å². The summed E-state index contributed by atoms with van der Waals surface area (Å²) in [5.74, 6) is 0. The molecule has 2 atom stereocenters. The van der Waals surface area contributed by atoms with Gasteiger partial charge < -0.3 is 9.84 Å². The van der Waals surface area contributed by atoms with Gasteiger partial charge >= 0.3 is 0 Å². The van der Waals surface area contributed by atoms with Gasteiger partial charge in [-0.25, -0.2) is 0 Å². The molecular formula is C9H19NO2. The van der Waals surface area contributed by atoms with E-state index < -0.39 is 0 Å². The van der Waals surface area contributed by atoms with E-state index in [0.717, 1.165) is 13.0 Å². The van der Waals surface area contributed by atoms with E-state index in [0.29, 0.717) is 12.6 Å². The van der Waals surface area contributed by atoms with Crippen molar-refractivity contribution >= 4 is 0 Å². The predicted octanol–water partition coefficient (Wildman–Crippen LogP) is 0.476. The molecule has 12 heavy (non-hydrogen) atoms. The summed E-state index contributed by atoms with van der Waals surface area (Å²) in [7, 11) is 1.68. The third-order valence-electron chi connectivity index (χ3n) is 2.55. The van der Waals surface area contributed by atoms with Gasteiger partial charge in [0.25, 0.3) is 0 Å². The zero-order valence-electron chi connectivity index (χ0n) is 8.16. The molecule has 0 radical (unpaired) electrons. The molecule has 0 spiro atoms. The highest BCUT2D eigenvalue weighted by Crippen LogP contribution is 2.20. The van der Waals surface area contributed by atoms with E-state index in [1.165, 1.54) is 0 Å². The molecule has 0 aromatic carbocycles. The number of likely N-dealkylation sites (tertiary alicyclic amines) is 1. The number of nitrogens with zero attached hydrogens (tertiary/aromatic N) is 1. The summed E-state index contributed by atoms with van der Waals surface area (Å²) in [5.41, 5.74) is 0. The second-order valence-corrected chi connectivity index (χ2v) is 3.71. The average molecular weight is 173 g/mol. The van der Waals surface area contributed by atoms with Crippen molar-refractivity contribution in [2.75, 3.05) is 20.3 Å². The molecule has 1 N–H and O–H groups in total. The van der Waals surface area contributed by atoms with Crippen molar-refractivity contribution in [1.29, 1.82) is 0 Å². The number of hydrogen-bond acceptors (Lipinski definition) is 3. The summed E-state index contributed by atoms with van der Waals surface area (Å²) in [6.07, 6.45) is 0.680. The quantitative estimate of drug-likeness (QED) is 0.673. The Hall–Kier alpha value is -0.120. The summed E-state index contributed by atoms with van der Waals surface area (Å²) in [6.45, 7) is 5.94. The molecule has 1 fully saturated rings. The van der Waals surface area contributed by atoms with Crippen LogP contribution in [0.2, 0.25) is 0 Å². The van der Waals surface area contributed by atoms with Crippen LogP contribution in [0.25, 0.3) is 0 Å². The van der Waals surface area contributed by atoms with Crippen LogP contribution < -0.4 is 0 Å². The molecule has 1 saturated heterocycles. The molecule has 1 heterocycles. The van der Waals surface area contributed by atoms with E-state index in [9.17, 15) is 5.11 Å². The summed E-state index contributed by atoms with van der Waals surface area (Å²) in [4.78, 5) is 2.30. The van der Waals surface area contributed by atoms with Gasteiger partial charge in [0.05, 0.1) is 18.8 Å². The van der Waals surface area contributed by atoms with Crippen LogP contribution in [-0.2, 0) is 4.74 Å². The van der Waals surface area contributed by atoms with Gasteiger partial charge in [-0.2, -0.15) is 0 Å². The third-order valence-corrected chi connectivity index (χ3v) is 2.55. The predicted molar refractivity (Wildman–Crippen MR) is 48.1 cm³/mol. The van der Waals surface area contributed by atoms with Crippen molar-refractivity contribution in [1.82, 2.24) is 4.90 Å². The van der Waals surface area contributed by atoms with Crippen LogP contribution in [0, 0.1) is 0 Å². The topological polar surface area (TPSA) is 32.7 Å². The Bertz CT molecular complexity index is 138. The highest BCUT2D eigenvalue weighted by atomic mass is 16.5. The summed E-state index contributed by atoms with van der Waals surface area (Å²) in [6, 6.07) is 0.706. The molecule has 3 heteroatoms. The Morgan fingerprint density at radius 1 is 1.58 bits per heavy atom. The number of aliphatic hydroxyl groups is 1. The minimum absolute atomic E-state index is 0.202. The summed E-state index contributed by atoms with van der Waals surface area (Å²) in [5, 5.41) is 9.62. The first-order valence-electron chi connectivity index (χ1n) is 4.59. The maximum Gasteiger partial charge on any atom is 0.0730 e. The van der Waals surface area contributed by atoms with Crippen molar-refractivity contribution in [3.05, 3.63) is 0 Å². The van der Waals surface area contributed by atoms with Gasteiger partial charge in [-0.05, 0) is 20.3 Å². The molecule has 3 nitrogen and oxygen atoms in total. The monoisotopic (exact) mass is 173 g/mol. The lowest BCUT2D eigenvalue weighted by Gasteiger charge is -2.28. The second-order valence-electron chi connectivity index (χ2n) is 3.71. The van der Waals surface area contributed by atoms with Crippen molar-refractivity contribution < 1.29 is 9.84 Å². The zero-order chi connectivity index (χ0) is 9.14. The fraction of sp³-hybridized carbons (Fsp3) is 1.00. The molecular weight excluding hydrogens is 154 g/mol. The first-order valence-corrected chi connectivity index (χ1v) is 4.59. The van der Waals surface area contributed by atoms with E-state index in [4.69, 9.17) is 4.74 Å². The van der Waals surface area contributed by atoms with Crippen LogP contribution in [0.3, 0.4) is 0 Å². The van der Waals surface area contributed by atoms with Crippen LogP contribution >= 0.6 is 0 Å². The van der Waals surface area contributed by atoms with E-state index in [1.807, 2.05) is 0 Å². The lowest BCUT2D eigenvalue weighted by molar-refractivity contribution is 0.0395. The highest BCUT2D eigenvalue weighted by Gasteiger charge is 2.33. The third kappa shape index (κ3) is 1.97. The Morgan fingerprint density at radius 3 is 2.75 bits per heavy atom. The minimum atomic E-state index is -0.202. The van der Waals surface area contributed by atoms with Gasteiger partial charge in [-0.15, -0.1) is 0 Å². The van der Waals surface area contributed by atoms with Gasteiger partial charge in [-0.3, -0.25) is 4.90 Å². The normalized spacial score (nSPS) is 31.8. The Balaban J connectivity index is 2.51. The fourth-order valence-corrected chi connectivity index (χ4v) is 1.88.